The summed E-state index contributed by atoms with van der Waals surface area (Å²) in [5, 5.41) is 18.2. The summed E-state index contributed by atoms with van der Waals surface area (Å²) in [6, 6.07) is 3.72. The van der Waals surface area contributed by atoms with Crippen LogP contribution in [0.15, 0.2) is 22.9 Å². The first-order chi connectivity index (χ1) is 11.5. The highest BCUT2D eigenvalue weighted by molar-refractivity contribution is 8.00. The molecule has 3 rings (SSSR count). The third-order valence-corrected chi connectivity index (χ3v) is 5.76. The molecule has 0 bridgehead atoms. The Morgan fingerprint density at radius 1 is 1.50 bits per heavy atom. The number of aromatic nitrogens is 3. The van der Waals surface area contributed by atoms with Gasteiger partial charge in [0.05, 0.1) is 5.60 Å². The molecule has 1 fully saturated rings. The minimum absolute atomic E-state index is 0.225. The molecule has 2 heterocycles. The van der Waals surface area contributed by atoms with Crippen LogP contribution in [0.3, 0.4) is 0 Å². The van der Waals surface area contributed by atoms with Gasteiger partial charge in [0.1, 0.15) is 5.82 Å². The number of nitrogens with zero attached hydrogens (tertiary/aromatic N) is 3. The predicted molar refractivity (Wildman–Crippen MR) is 96.2 cm³/mol. The largest absolute Gasteiger partial charge is 0.387 e. The van der Waals surface area contributed by atoms with Crippen LogP contribution in [-0.4, -0.2) is 43.4 Å². The Bertz CT molecular complexity index is 691. The van der Waals surface area contributed by atoms with Crippen molar-refractivity contribution >= 4 is 17.6 Å². The third kappa shape index (κ3) is 3.57. The van der Waals surface area contributed by atoms with Crippen molar-refractivity contribution in [3.05, 3.63) is 24.2 Å². The summed E-state index contributed by atoms with van der Waals surface area (Å²) < 4.78 is 5.32. The molecule has 2 N–H and O–H groups in total. The van der Waals surface area contributed by atoms with Crippen molar-refractivity contribution in [2.24, 2.45) is 0 Å². The molecule has 1 aliphatic rings. The molecule has 2 aromatic rings. The molecule has 0 aliphatic heterocycles. The van der Waals surface area contributed by atoms with Gasteiger partial charge in [-0.2, -0.15) is 16.7 Å². The quantitative estimate of drug-likeness (QED) is 0.794. The molecule has 130 valence electrons. The number of hydrogen-bond acceptors (Lipinski definition) is 7. The third-order valence-electron chi connectivity index (χ3n) is 4.35. The zero-order chi connectivity index (χ0) is 17.2. The second kappa shape index (κ2) is 7.11. The molecule has 1 saturated carbocycles. The van der Waals surface area contributed by atoms with E-state index in [0.717, 1.165) is 24.2 Å². The number of anilines is 1. The van der Waals surface area contributed by atoms with E-state index in [1.807, 2.05) is 37.7 Å². The highest BCUT2D eigenvalue weighted by atomic mass is 32.2. The van der Waals surface area contributed by atoms with Gasteiger partial charge in [-0.05, 0) is 30.7 Å². The summed E-state index contributed by atoms with van der Waals surface area (Å²) in [4.78, 5) is 8.73. The lowest BCUT2D eigenvalue weighted by molar-refractivity contribution is -0.0120. The molecule has 0 amide bonds. The highest BCUT2D eigenvalue weighted by Crippen LogP contribution is 2.41. The van der Waals surface area contributed by atoms with Gasteiger partial charge in [-0.15, -0.1) is 0 Å². The summed E-state index contributed by atoms with van der Waals surface area (Å²) in [6.07, 6.45) is 3.61. The Kier molecular flexibility index (Phi) is 5.10. The van der Waals surface area contributed by atoms with Gasteiger partial charge in [0.2, 0.25) is 0 Å². The van der Waals surface area contributed by atoms with Crippen molar-refractivity contribution < 1.29 is 9.63 Å². The van der Waals surface area contributed by atoms with Crippen LogP contribution in [0.5, 0.6) is 0 Å². The Morgan fingerprint density at radius 2 is 2.33 bits per heavy atom. The maximum Gasteiger partial charge on any atom is 0.258 e. The summed E-state index contributed by atoms with van der Waals surface area (Å²) >= 11 is 1.82. The second-order valence-corrected chi connectivity index (χ2v) is 7.96. The fraction of sp³-hybridized carbons (Fsp3) is 0.588. The molecule has 24 heavy (non-hydrogen) atoms. The first-order valence-electron chi connectivity index (χ1n) is 8.39. The molecular weight excluding hydrogens is 324 g/mol. The lowest BCUT2D eigenvalue weighted by Crippen LogP contribution is -2.54. The van der Waals surface area contributed by atoms with Gasteiger partial charge in [-0.1, -0.05) is 25.9 Å². The average molecular weight is 348 g/mol. The predicted octanol–water partition coefficient (Wildman–Crippen LogP) is 3.31. The second-order valence-electron chi connectivity index (χ2n) is 6.48. The fourth-order valence-electron chi connectivity index (χ4n) is 2.73. The van der Waals surface area contributed by atoms with Crippen molar-refractivity contribution in [3.8, 4) is 11.5 Å². The zero-order valence-electron chi connectivity index (χ0n) is 14.3. The van der Waals surface area contributed by atoms with Crippen LogP contribution < -0.4 is 5.32 Å². The summed E-state index contributed by atoms with van der Waals surface area (Å²) in [6.45, 7) is 6.68. The maximum absolute atomic E-state index is 10.7. The minimum atomic E-state index is -0.645. The fourth-order valence-corrected chi connectivity index (χ4v) is 3.93. The van der Waals surface area contributed by atoms with Crippen LogP contribution >= 0.6 is 11.8 Å². The van der Waals surface area contributed by atoms with E-state index in [1.165, 1.54) is 0 Å². The van der Waals surface area contributed by atoms with Crippen molar-refractivity contribution in [3.63, 3.8) is 0 Å². The van der Waals surface area contributed by atoms with Gasteiger partial charge in [0, 0.05) is 29.5 Å². The Hall–Kier alpha value is -1.60. The molecule has 0 aromatic carbocycles. The topological polar surface area (TPSA) is 84.1 Å². The highest BCUT2D eigenvalue weighted by Gasteiger charge is 2.45. The van der Waals surface area contributed by atoms with E-state index >= 15 is 0 Å². The smallest absolute Gasteiger partial charge is 0.258 e. The van der Waals surface area contributed by atoms with Crippen molar-refractivity contribution in [1.82, 2.24) is 15.1 Å². The van der Waals surface area contributed by atoms with Crippen LogP contribution in [0, 0.1) is 0 Å². The van der Waals surface area contributed by atoms with Gasteiger partial charge >= 0.3 is 0 Å². The standard InChI is InChI=1S/C17H24N4O2S/c1-4-24-13-5-7-17(13,22)10-19-14-9-12(6-8-18-14)16-20-15(11(2)3)21-23-16/h6,8-9,11,13,22H,4-5,7,10H2,1-3H3,(H,18,19). The number of pyridine rings is 1. The SMILES string of the molecule is CCSC1CCC1(O)CNc1cc(-c2nc(C(C)C)no2)ccn1. The van der Waals surface area contributed by atoms with E-state index in [0.29, 0.717) is 29.3 Å². The number of thioether (sulfide) groups is 1. The van der Waals surface area contributed by atoms with Gasteiger partial charge in [0.15, 0.2) is 5.82 Å². The molecule has 2 aromatic heterocycles. The molecule has 1 aliphatic carbocycles. The van der Waals surface area contributed by atoms with Gasteiger partial charge in [-0.25, -0.2) is 4.98 Å². The van der Waals surface area contributed by atoms with Crippen LogP contribution in [0.1, 0.15) is 45.4 Å². The van der Waals surface area contributed by atoms with E-state index in [-0.39, 0.29) is 5.92 Å². The van der Waals surface area contributed by atoms with E-state index < -0.39 is 5.60 Å². The Morgan fingerprint density at radius 3 is 2.96 bits per heavy atom. The first-order valence-corrected chi connectivity index (χ1v) is 9.44. The summed E-state index contributed by atoms with van der Waals surface area (Å²) in [7, 11) is 0. The number of aliphatic hydroxyl groups is 1. The van der Waals surface area contributed by atoms with E-state index in [4.69, 9.17) is 4.52 Å². The van der Waals surface area contributed by atoms with E-state index in [9.17, 15) is 5.11 Å². The molecule has 0 radical (unpaired) electrons. The number of rotatable bonds is 7. The molecule has 6 nitrogen and oxygen atoms in total. The maximum atomic E-state index is 10.7. The van der Waals surface area contributed by atoms with Gasteiger partial charge in [-0.3, -0.25) is 0 Å². The molecule has 2 unspecified atom stereocenters. The van der Waals surface area contributed by atoms with Crippen LogP contribution in [0.4, 0.5) is 5.82 Å². The average Bonchev–Trinajstić information content (AvgIpc) is 3.07. The Labute approximate surface area is 146 Å². The number of nitrogens with one attached hydrogen (secondary N) is 1. The van der Waals surface area contributed by atoms with Gasteiger partial charge in [0.25, 0.3) is 5.89 Å². The molecule has 0 saturated heterocycles. The van der Waals surface area contributed by atoms with Crippen LogP contribution in [-0.2, 0) is 0 Å². The number of hydrogen-bond donors (Lipinski definition) is 2. The van der Waals surface area contributed by atoms with Gasteiger partial charge < -0.3 is 14.9 Å². The van der Waals surface area contributed by atoms with Crippen LogP contribution in [0.2, 0.25) is 0 Å². The molecule has 2 atom stereocenters. The van der Waals surface area contributed by atoms with Crippen molar-refractivity contribution in [2.75, 3.05) is 17.6 Å². The minimum Gasteiger partial charge on any atom is -0.387 e. The zero-order valence-corrected chi connectivity index (χ0v) is 15.1. The van der Waals surface area contributed by atoms with Crippen molar-refractivity contribution in [2.45, 2.75) is 50.4 Å². The van der Waals surface area contributed by atoms with E-state index in [2.05, 4.69) is 27.4 Å². The summed E-state index contributed by atoms with van der Waals surface area (Å²) in [5.74, 6) is 3.14. The lowest BCUT2D eigenvalue weighted by Gasteiger charge is -2.45. The summed E-state index contributed by atoms with van der Waals surface area (Å²) in [5.41, 5.74) is 0.181. The van der Waals surface area contributed by atoms with Crippen LogP contribution in [0.25, 0.3) is 11.5 Å². The molecule has 0 spiro atoms. The molecule has 7 heteroatoms. The molecular formula is C17H24N4O2S. The van der Waals surface area contributed by atoms with E-state index in [1.54, 1.807) is 6.20 Å². The lowest BCUT2D eigenvalue weighted by atomic mass is 9.79. The Balaban J connectivity index is 1.67. The monoisotopic (exact) mass is 348 g/mol. The van der Waals surface area contributed by atoms with Crippen molar-refractivity contribution in [1.29, 1.82) is 0 Å². The normalized spacial score (nSPS) is 23.3. The first kappa shape index (κ1) is 17.2.